The zero-order valence-electron chi connectivity index (χ0n) is 23.9. The first kappa shape index (κ1) is 28.8. The molecule has 9 nitrogen and oxygen atoms in total. The lowest BCUT2D eigenvalue weighted by molar-refractivity contribution is -0.122. The van der Waals surface area contributed by atoms with Crippen molar-refractivity contribution in [3.63, 3.8) is 0 Å². The summed E-state index contributed by atoms with van der Waals surface area (Å²) in [4.78, 5) is 45.7. The number of rotatable bonds is 8. The van der Waals surface area contributed by atoms with Gasteiger partial charge in [-0.25, -0.2) is 9.59 Å². The van der Waals surface area contributed by atoms with Gasteiger partial charge in [-0.1, -0.05) is 48.5 Å². The van der Waals surface area contributed by atoms with Crippen LogP contribution in [0.2, 0.25) is 0 Å². The Morgan fingerprint density at radius 1 is 0.814 bits per heavy atom. The van der Waals surface area contributed by atoms with E-state index in [1.54, 1.807) is 13.0 Å². The van der Waals surface area contributed by atoms with Crippen LogP contribution in [0.4, 0.5) is 22.7 Å². The van der Waals surface area contributed by atoms with Crippen LogP contribution in [0.5, 0.6) is 0 Å². The highest BCUT2D eigenvalue weighted by molar-refractivity contribution is 6.12. The molecule has 9 heteroatoms. The predicted molar refractivity (Wildman–Crippen MR) is 164 cm³/mol. The minimum Gasteiger partial charge on any atom is -0.465 e. The molecular formula is C34H29N3O6. The number of benzene rings is 4. The molecule has 0 saturated carbocycles. The molecule has 43 heavy (non-hydrogen) atoms. The van der Waals surface area contributed by atoms with Gasteiger partial charge in [0.25, 0.3) is 5.91 Å². The number of esters is 2. The van der Waals surface area contributed by atoms with Crippen molar-refractivity contribution >= 4 is 52.7 Å². The predicted octanol–water partition coefficient (Wildman–Crippen LogP) is 6.64. The number of nitrogens with zero attached hydrogens (tertiary/aromatic N) is 3. The standard InChI is InChI=1S/C34H29N3O6/c1-4-36-31(38)30(43-34(36)35-29-22-24(32(39)41-2)17-20-28(29)33(40)42-3)21-23-15-18-27(19-16-23)37(25-11-7-5-8-12-25)26-13-9-6-10-14-26/h5-22H,4H2,1-3H3/b30-21+,35-34?. The van der Waals surface area contributed by atoms with E-state index >= 15 is 0 Å². The summed E-state index contributed by atoms with van der Waals surface area (Å²) in [7, 11) is 2.50. The molecule has 1 aliphatic heterocycles. The highest BCUT2D eigenvalue weighted by Gasteiger charge is 2.34. The molecule has 0 aliphatic carbocycles. The van der Waals surface area contributed by atoms with Gasteiger partial charge in [0.1, 0.15) is 0 Å². The number of methoxy groups -OCH3 is 2. The monoisotopic (exact) mass is 575 g/mol. The van der Waals surface area contributed by atoms with E-state index in [1.165, 1.54) is 37.3 Å². The number of carbonyl (C=O) groups is 3. The third-order valence-electron chi connectivity index (χ3n) is 6.72. The molecule has 4 aromatic carbocycles. The van der Waals surface area contributed by atoms with Crippen LogP contribution < -0.4 is 4.90 Å². The van der Waals surface area contributed by atoms with E-state index < -0.39 is 11.9 Å². The average Bonchev–Trinajstić information content (AvgIpc) is 3.34. The molecule has 1 aliphatic rings. The zero-order chi connectivity index (χ0) is 30.3. The van der Waals surface area contributed by atoms with Crippen LogP contribution in [0.1, 0.15) is 33.2 Å². The number of para-hydroxylation sites is 2. The molecule has 0 bridgehead atoms. The summed E-state index contributed by atoms with van der Waals surface area (Å²) in [6.07, 6.45) is 1.64. The summed E-state index contributed by atoms with van der Waals surface area (Å²) in [5.41, 5.74) is 4.09. The van der Waals surface area contributed by atoms with E-state index in [-0.39, 0.29) is 41.0 Å². The second-order valence-corrected chi connectivity index (χ2v) is 9.37. The Labute approximate surface area is 249 Å². The van der Waals surface area contributed by atoms with E-state index in [9.17, 15) is 14.4 Å². The number of carbonyl (C=O) groups excluding carboxylic acids is 3. The molecule has 4 aromatic rings. The number of amidine groups is 1. The molecular weight excluding hydrogens is 546 g/mol. The Morgan fingerprint density at radius 2 is 1.40 bits per heavy atom. The lowest BCUT2D eigenvalue weighted by Crippen LogP contribution is -2.29. The molecule has 0 atom stereocenters. The molecule has 1 amide bonds. The first-order valence-corrected chi connectivity index (χ1v) is 13.5. The number of amides is 1. The molecule has 1 fully saturated rings. The van der Waals surface area contributed by atoms with E-state index in [4.69, 9.17) is 14.2 Å². The first-order chi connectivity index (χ1) is 20.9. The van der Waals surface area contributed by atoms with Gasteiger partial charge in [-0.3, -0.25) is 9.69 Å². The first-order valence-electron chi connectivity index (χ1n) is 13.5. The Bertz CT molecular complexity index is 1660. The van der Waals surface area contributed by atoms with Crippen molar-refractivity contribution in [3.05, 3.63) is 126 Å². The fourth-order valence-electron chi connectivity index (χ4n) is 4.60. The van der Waals surface area contributed by atoms with Crippen molar-refractivity contribution in [1.29, 1.82) is 0 Å². The van der Waals surface area contributed by atoms with Crippen molar-refractivity contribution < 1.29 is 28.6 Å². The van der Waals surface area contributed by atoms with Crippen LogP contribution in [0, 0.1) is 0 Å². The van der Waals surface area contributed by atoms with Crippen LogP contribution in [-0.2, 0) is 19.0 Å². The number of likely N-dealkylation sites (N-methyl/N-ethyl adjacent to an activating group) is 1. The summed E-state index contributed by atoms with van der Waals surface area (Å²) in [6, 6.07) is 32.0. The number of hydrogen-bond donors (Lipinski definition) is 0. The third-order valence-corrected chi connectivity index (χ3v) is 6.72. The Morgan fingerprint density at radius 3 is 1.95 bits per heavy atom. The second-order valence-electron chi connectivity index (χ2n) is 9.37. The Balaban J connectivity index is 1.47. The van der Waals surface area contributed by atoms with Gasteiger partial charge < -0.3 is 19.1 Å². The average molecular weight is 576 g/mol. The van der Waals surface area contributed by atoms with E-state index in [0.717, 1.165) is 22.6 Å². The van der Waals surface area contributed by atoms with Gasteiger partial charge in [-0.2, -0.15) is 4.99 Å². The maximum absolute atomic E-state index is 13.3. The topological polar surface area (TPSA) is 97.7 Å². The van der Waals surface area contributed by atoms with Gasteiger partial charge >= 0.3 is 18.0 Å². The third kappa shape index (κ3) is 6.15. The van der Waals surface area contributed by atoms with Crippen LogP contribution in [-0.4, -0.2) is 49.5 Å². The number of aliphatic imine (C=N–C) groups is 1. The van der Waals surface area contributed by atoms with Crippen LogP contribution >= 0.6 is 0 Å². The van der Waals surface area contributed by atoms with E-state index in [0.29, 0.717) is 0 Å². The lowest BCUT2D eigenvalue weighted by atomic mass is 10.1. The summed E-state index contributed by atoms with van der Waals surface area (Å²) >= 11 is 0. The van der Waals surface area contributed by atoms with Crippen molar-refractivity contribution in [2.75, 3.05) is 25.7 Å². The molecule has 5 rings (SSSR count). The van der Waals surface area contributed by atoms with Crippen molar-refractivity contribution in [2.45, 2.75) is 6.92 Å². The summed E-state index contributed by atoms with van der Waals surface area (Å²) < 4.78 is 15.6. The van der Waals surface area contributed by atoms with Gasteiger partial charge in [-0.05, 0) is 73.2 Å². The largest absolute Gasteiger partial charge is 0.465 e. The normalized spacial score (nSPS) is 14.5. The van der Waals surface area contributed by atoms with Gasteiger partial charge in [0, 0.05) is 23.6 Å². The van der Waals surface area contributed by atoms with Crippen molar-refractivity contribution in [1.82, 2.24) is 4.90 Å². The SMILES string of the molecule is CCN1C(=O)/C(=C\c2ccc(N(c3ccccc3)c3ccccc3)cc2)OC1=Nc1cc(C(=O)OC)ccc1C(=O)OC. The highest BCUT2D eigenvalue weighted by Crippen LogP contribution is 2.34. The zero-order valence-corrected chi connectivity index (χ0v) is 23.9. The molecule has 0 unspecified atom stereocenters. The summed E-state index contributed by atoms with van der Waals surface area (Å²) in [5, 5.41) is 0. The van der Waals surface area contributed by atoms with Crippen molar-refractivity contribution in [3.8, 4) is 0 Å². The quantitative estimate of drug-likeness (QED) is 0.172. The molecule has 216 valence electrons. The van der Waals surface area contributed by atoms with E-state index in [1.807, 2.05) is 84.9 Å². The maximum Gasteiger partial charge on any atom is 0.340 e. The van der Waals surface area contributed by atoms with Gasteiger partial charge in [0.2, 0.25) is 0 Å². The van der Waals surface area contributed by atoms with Crippen LogP contribution in [0.15, 0.2) is 114 Å². The Hall–Kier alpha value is -5.70. The molecule has 1 saturated heterocycles. The maximum atomic E-state index is 13.3. The lowest BCUT2D eigenvalue weighted by Gasteiger charge is -2.25. The molecule has 0 N–H and O–H groups in total. The second kappa shape index (κ2) is 12.9. The number of anilines is 3. The van der Waals surface area contributed by atoms with Crippen molar-refractivity contribution in [2.24, 2.45) is 4.99 Å². The number of hydrogen-bond acceptors (Lipinski definition) is 8. The minimum absolute atomic E-state index is 0.0260. The minimum atomic E-state index is -0.654. The van der Waals surface area contributed by atoms with Crippen LogP contribution in [0.3, 0.4) is 0 Å². The highest BCUT2D eigenvalue weighted by atomic mass is 16.5. The molecule has 0 aromatic heterocycles. The summed E-state index contributed by atoms with van der Waals surface area (Å²) in [5.74, 6) is -1.57. The molecule has 1 heterocycles. The fourth-order valence-corrected chi connectivity index (χ4v) is 4.60. The van der Waals surface area contributed by atoms with Gasteiger partial charge in [-0.15, -0.1) is 0 Å². The van der Waals surface area contributed by atoms with Gasteiger partial charge in [0.05, 0.1) is 31.0 Å². The van der Waals surface area contributed by atoms with E-state index in [2.05, 4.69) is 9.89 Å². The fraction of sp³-hybridized carbons (Fsp3) is 0.118. The van der Waals surface area contributed by atoms with Gasteiger partial charge in [0.15, 0.2) is 5.76 Å². The van der Waals surface area contributed by atoms with Crippen LogP contribution in [0.25, 0.3) is 6.08 Å². The molecule has 0 spiro atoms. The number of ether oxygens (including phenoxy) is 3. The molecule has 0 radical (unpaired) electrons. The summed E-state index contributed by atoms with van der Waals surface area (Å²) in [6.45, 7) is 2.05. The smallest absolute Gasteiger partial charge is 0.340 e. The Kier molecular flexibility index (Phi) is 8.62.